The van der Waals surface area contributed by atoms with Crippen LogP contribution in [0.3, 0.4) is 0 Å². The molecule has 1 unspecified atom stereocenters. The van der Waals surface area contributed by atoms with Gasteiger partial charge < -0.3 is 24.3 Å². The number of nitrogens with zero attached hydrogens (tertiary/aromatic N) is 3. The highest BCUT2D eigenvalue weighted by atomic mass is 16.4. The molecule has 1 N–H and O–H groups in total. The van der Waals surface area contributed by atoms with Gasteiger partial charge in [-0.3, -0.25) is 4.79 Å². The van der Waals surface area contributed by atoms with Gasteiger partial charge in [-0.2, -0.15) is 0 Å². The number of rotatable bonds is 5. The van der Waals surface area contributed by atoms with E-state index in [9.17, 15) is 24.6 Å². The van der Waals surface area contributed by atoms with Crippen molar-refractivity contribution in [3.8, 4) is 0 Å². The van der Waals surface area contributed by atoms with Gasteiger partial charge in [-0.05, 0) is 41.3 Å². The number of hydrogen-bond acceptors (Lipinski definition) is 6. The van der Waals surface area contributed by atoms with Crippen molar-refractivity contribution in [3.63, 3.8) is 0 Å². The maximum atomic E-state index is 12.7. The molecule has 2 aliphatic rings. The quantitative estimate of drug-likeness (QED) is 0.194. The molecule has 0 bridgehead atoms. The fraction of sp³-hybridized carbons (Fsp3) is 0.231. The molecule has 35 heavy (non-hydrogen) atoms. The first-order valence-corrected chi connectivity index (χ1v) is 11.2. The highest BCUT2D eigenvalue weighted by Gasteiger charge is 2.53. The number of aliphatic hydroxyl groups is 1. The van der Waals surface area contributed by atoms with Crippen LogP contribution in [-0.2, 0) is 23.2 Å². The van der Waals surface area contributed by atoms with E-state index in [1.165, 1.54) is 4.90 Å². The predicted molar refractivity (Wildman–Crippen MR) is 122 cm³/mol. The summed E-state index contributed by atoms with van der Waals surface area (Å²) in [6.07, 6.45) is 6.14. The number of amides is 1. The van der Waals surface area contributed by atoms with Crippen LogP contribution in [0.25, 0.3) is 27.3 Å². The summed E-state index contributed by atoms with van der Waals surface area (Å²) in [5, 5.41) is 23.2. The molecule has 1 amide bonds. The maximum absolute atomic E-state index is 12.7. The molecule has 2 aromatic carbocycles. The number of carboxylic acids is 1. The second kappa shape index (κ2) is 7.64. The minimum Gasteiger partial charge on any atom is -0.543 e. The van der Waals surface area contributed by atoms with Crippen LogP contribution in [0.1, 0.15) is 17.5 Å². The molecule has 0 saturated carbocycles. The Labute approximate surface area is 198 Å². The Balaban J connectivity index is 1.47. The Morgan fingerprint density at radius 1 is 1.17 bits per heavy atom. The molecule has 176 valence electrons. The molecule has 9 heteroatoms. The number of imidazole rings is 1. The normalized spacial score (nSPS) is 19.5. The number of carboxylic acid groups (broad SMARTS) is 1. The number of carbonyl (C=O) groups is 2. The highest BCUT2D eigenvalue weighted by molar-refractivity contribution is 6.08. The van der Waals surface area contributed by atoms with E-state index in [4.69, 9.17) is 4.42 Å². The largest absolute Gasteiger partial charge is 0.543 e. The first-order chi connectivity index (χ1) is 16.9. The van der Waals surface area contributed by atoms with E-state index in [0.717, 1.165) is 10.9 Å². The second-order valence-corrected chi connectivity index (χ2v) is 9.12. The number of β-lactam (4-membered cyclic amide) rings is 1. The zero-order valence-corrected chi connectivity index (χ0v) is 18.8. The monoisotopic (exact) mass is 471 g/mol. The summed E-state index contributed by atoms with van der Waals surface area (Å²) in [7, 11) is 1.94. The van der Waals surface area contributed by atoms with Crippen LogP contribution < -0.4 is 15.3 Å². The molecule has 2 aliphatic heterocycles. The fourth-order valence-corrected chi connectivity index (χ4v) is 5.31. The molecule has 0 aliphatic carbocycles. The fourth-order valence-electron chi connectivity index (χ4n) is 5.31. The second-order valence-electron chi connectivity index (χ2n) is 9.12. The molecule has 0 spiro atoms. The molecule has 2 atom stereocenters. The van der Waals surface area contributed by atoms with Crippen molar-refractivity contribution in [2.75, 3.05) is 6.61 Å². The topological polar surface area (TPSA) is 120 Å². The van der Waals surface area contributed by atoms with Gasteiger partial charge in [0.25, 0.3) is 0 Å². The predicted octanol–water partition coefficient (Wildman–Crippen LogP) is 0.304. The minimum absolute atomic E-state index is 0.168. The molecular weight excluding hydrogens is 450 g/mol. The molecule has 6 rings (SSSR count). The SMILES string of the molecule is C[n+]1ccn(Cc2ccc3c(c2)oc(=O)c2ccc(C4=C(C(=O)[O-])N5C(=O)[C@H](CO)C5C4)cc23)c1. The molecule has 9 nitrogen and oxygen atoms in total. The van der Waals surface area contributed by atoms with Crippen LogP contribution >= 0.6 is 0 Å². The summed E-state index contributed by atoms with van der Waals surface area (Å²) in [5.74, 6) is -2.47. The maximum Gasteiger partial charge on any atom is 0.344 e. The minimum atomic E-state index is -1.44. The van der Waals surface area contributed by atoms with Gasteiger partial charge in [0.05, 0.1) is 42.7 Å². The lowest BCUT2D eigenvalue weighted by atomic mass is 9.86. The number of carbonyl (C=O) groups excluding carboxylic acids is 2. The van der Waals surface area contributed by atoms with Crippen molar-refractivity contribution in [1.82, 2.24) is 9.47 Å². The summed E-state index contributed by atoms with van der Waals surface area (Å²) in [4.78, 5) is 38.2. The van der Waals surface area contributed by atoms with E-state index >= 15 is 0 Å². The Morgan fingerprint density at radius 3 is 2.69 bits per heavy atom. The number of aliphatic hydroxyl groups excluding tert-OH is 1. The van der Waals surface area contributed by atoms with Crippen LogP contribution in [0.4, 0.5) is 0 Å². The summed E-state index contributed by atoms with van der Waals surface area (Å²) in [6.45, 7) is 0.276. The third-order valence-electron chi connectivity index (χ3n) is 7.00. The van der Waals surface area contributed by atoms with E-state index in [1.807, 2.05) is 53.1 Å². The van der Waals surface area contributed by atoms with Crippen molar-refractivity contribution < 1.29 is 28.8 Å². The molecular formula is C26H21N3O6. The molecule has 2 aromatic heterocycles. The van der Waals surface area contributed by atoms with Crippen LogP contribution in [-0.4, -0.2) is 39.1 Å². The number of hydrogen-bond donors (Lipinski definition) is 1. The van der Waals surface area contributed by atoms with Crippen LogP contribution in [0.2, 0.25) is 0 Å². The van der Waals surface area contributed by atoms with E-state index in [2.05, 4.69) is 0 Å². The Kier molecular flexibility index (Phi) is 4.65. The molecule has 4 heterocycles. The average molecular weight is 471 g/mol. The number of fused-ring (bicyclic) bond motifs is 4. The van der Waals surface area contributed by atoms with Gasteiger partial charge in [0, 0.05) is 10.8 Å². The van der Waals surface area contributed by atoms with Crippen molar-refractivity contribution >= 4 is 39.2 Å². The van der Waals surface area contributed by atoms with Crippen LogP contribution in [0, 0.1) is 5.92 Å². The Morgan fingerprint density at radius 2 is 1.97 bits per heavy atom. The van der Waals surface area contributed by atoms with Gasteiger partial charge in [-0.15, -0.1) is 0 Å². The lowest BCUT2D eigenvalue weighted by Crippen LogP contribution is -2.60. The van der Waals surface area contributed by atoms with E-state index in [0.29, 0.717) is 40.5 Å². The Hall–Kier alpha value is -4.24. The molecule has 4 aromatic rings. The Bertz CT molecular complexity index is 1650. The van der Waals surface area contributed by atoms with Crippen molar-refractivity contribution in [2.45, 2.75) is 19.0 Å². The lowest BCUT2D eigenvalue weighted by molar-refractivity contribution is -0.671. The van der Waals surface area contributed by atoms with Gasteiger partial charge in [0.2, 0.25) is 12.2 Å². The van der Waals surface area contributed by atoms with Crippen molar-refractivity contribution in [1.29, 1.82) is 0 Å². The van der Waals surface area contributed by atoms with Gasteiger partial charge in [-0.25, -0.2) is 13.9 Å². The smallest absolute Gasteiger partial charge is 0.344 e. The van der Waals surface area contributed by atoms with Crippen molar-refractivity contribution in [2.24, 2.45) is 13.0 Å². The number of aromatic nitrogens is 2. The average Bonchev–Trinajstić information content (AvgIpc) is 3.40. The number of benzene rings is 2. The third-order valence-corrected chi connectivity index (χ3v) is 7.00. The first kappa shape index (κ1) is 21.3. The molecule has 1 saturated heterocycles. The number of aryl methyl sites for hydroxylation is 1. The van der Waals surface area contributed by atoms with Gasteiger partial charge in [0.1, 0.15) is 24.5 Å². The van der Waals surface area contributed by atoms with Gasteiger partial charge >= 0.3 is 5.63 Å². The van der Waals surface area contributed by atoms with Crippen LogP contribution in [0.5, 0.6) is 0 Å². The highest BCUT2D eigenvalue weighted by Crippen LogP contribution is 2.45. The van der Waals surface area contributed by atoms with E-state index in [-0.39, 0.29) is 12.3 Å². The molecule has 1 fully saturated rings. The standard InChI is InChI=1S/C26H21N3O6/c1-27-6-7-28(13-27)11-14-2-4-16-19-9-15(3-5-17(19)26(34)35-22(16)8-14)18-10-21-20(12-30)24(31)29(21)23(18)25(32)33/h2-9,13,20-21,30H,10-12H2,1H3/t20-,21?/m1/s1. The molecule has 0 radical (unpaired) electrons. The van der Waals surface area contributed by atoms with Gasteiger partial charge in [0.15, 0.2) is 0 Å². The first-order valence-electron chi connectivity index (χ1n) is 11.2. The lowest BCUT2D eigenvalue weighted by Gasteiger charge is -2.43. The zero-order chi connectivity index (χ0) is 24.4. The van der Waals surface area contributed by atoms with Gasteiger partial charge in [-0.1, -0.05) is 18.2 Å². The summed E-state index contributed by atoms with van der Waals surface area (Å²) < 4.78 is 9.55. The summed E-state index contributed by atoms with van der Waals surface area (Å²) >= 11 is 0. The van der Waals surface area contributed by atoms with Crippen molar-refractivity contribution in [3.05, 3.63) is 82.4 Å². The van der Waals surface area contributed by atoms with Crippen LogP contribution in [0.15, 0.2) is 70.0 Å². The summed E-state index contributed by atoms with van der Waals surface area (Å²) in [6, 6.07) is 10.3. The number of aliphatic carboxylic acids is 1. The summed E-state index contributed by atoms with van der Waals surface area (Å²) in [5.41, 5.74) is 1.80. The zero-order valence-electron chi connectivity index (χ0n) is 18.8. The van der Waals surface area contributed by atoms with E-state index < -0.39 is 29.5 Å². The third kappa shape index (κ3) is 3.19. The van der Waals surface area contributed by atoms with E-state index in [1.54, 1.807) is 18.2 Å².